The van der Waals surface area contributed by atoms with Gasteiger partial charge < -0.3 is 0 Å². The topological polar surface area (TPSA) is 17.8 Å². The first kappa shape index (κ1) is 13.9. The molecule has 3 aromatic rings. The lowest BCUT2D eigenvalue weighted by molar-refractivity contribution is 0.592. The van der Waals surface area contributed by atoms with Crippen LogP contribution in [-0.2, 0) is 6.42 Å². The van der Waals surface area contributed by atoms with Gasteiger partial charge in [0.2, 0.25) is 0 Å². The Bertz CT molecular complexity index is 814. The summed E-state index contributed by atoms with van der Waals surface area (Å²) < 4.78 is 42.7. The van der Waals surface area contributed by atoms with Crippen molar-refractivity contribution in [2.45, 2.75) is 6.42 Å². The molecule has 21 heavy (non-hydrogen) atoms. The molecular formula is C15H10ClF3N2. The molecular weight excluding hydrogens is 301 g/mol. The number of halogens is 4. The normalized spacial score (nSPS) is 11.2. The number of para-hydroxylation sites is 1. The Morgan fingerprint density at radius 2 is 1.86 bits per heavy atom. The number of benzene rings is 2. The number of hydrogen-bond donors (Lipinski definition) is 0. The van der Waals surface area contributed by atoms with E-state index in [1.54, 1.807) is 6.07 Å². The van der Waals surface area contributed by atoms with Crippen LogP contribution in [0, 0.1) is 17.5 Å². The summed E-state index contributed by atoms with van der Waals surface area (Å²) in [5, 5.41) is 0. The summed E-state index contributed by atoms with van der Waals surface area (Å²) in [6.07, 6.45) is 0.311. The van der Waals surface area contributed by atoms with Crippen LogP contribution in [0.1, 0.15) is 5.82 Å². The largest absolute Gasteiger partial charge is 0.293 e. The van der Waals surface area contributed by atoms with Gasteiger partial charge in [0.1, 0.15) is 23.0 Å². The molecule has 2 aromatic carbocycles. The lowest BCUT2D eigenvalue weighted by atomic mass is 10.2. The molecule has 0 fully saturated rings. The third-order valence-corrected chi connectivity index (χ3v) is 3.36. The number of imidazole rings is 1. The van der Waals surface area contributed by atoms with Gasteiger partial charge in [0.05, 0.1) is 11.2 Å². The molecule has 0 unspecified atom stereocenters. The fraction of sp³-hybridized carbons (Fsp3) is 0.133. The summed E-state index contributed by atoms with van der Waals surface area (Å²) in [5.41, 5.74) is 0.476. The van der Waals surface area contributed by atoms with Crippen LogP contribution in [0.5, 0.6) is 0 Å². The zero-order valence-electron chi connectivity index (χ0n) is 10.8. The zero-order chi connectivity index (χ0) is 15.0. The smallest absolute Gasteiger partial charge is 0.151 e. The highest BCUT2D eigenvalue weighted by atomic mass is 35.5. The molecule has 108 valence electrons. The molecule has 0 aliphatic heterocycles. The predicted octanol–water partition coefficient (Wildman–Crippen LogP) is 4.22. The molecule has 0 N–H and O–H groups in total. The number of hydrogen-bond acceptors (Lipinski definition) is 1. The van der Waals surface area contributed by atoms with Crippen LogP contribution in [0.15, 0.2) is 36.4 Å². The van der Waals surface area contributed by atoms with E-state index in [-0.39, 0.29) is 17.1 Å². The minimum atomic E-state index is -0.615. The predicted molar refractivity (Wildman–Crippen MR) is 75.4 cm³/mol. The van der Waals surface area contributed by atoms with Gasteiger partial charge in [-0.2, -0.15) is 0 Å². The molecule has 0 saturated carbocycles. The summed E-state index contributed by atoms with van der Waals surface area (Å²) in [6, 6.07) is 7.48. The molecule has 3 rings (SSSR count). The van der Waals surface area contributed by atoms with Crippen molar-refractivity contribution >= 4 is 22.6 Å². The summed E-state index contributed by atoms with van der Waals surface area (Å²) in [6.45, 7) is 0. The van der Waals surface area contributed by atoms with Gasteiger partial charge in [0.15, 0.2) is 5.82 Å². The molecule has 0 radical (unpaired) electrons. The van der Waals surface area contributed by atoms with E-state index in [0.717, 1.165) is 18.2 Å². The van der Waals surface area contributed by atoms with E-state index in [2.05, 4.69) is 4.98 Å². The number of rotatable bonds is 3. The first-order chi connectivity index (χ1) is 10.1. The van der Waals surface area contributed by atoms with Crippen molar-refractivity contribution in [3.05, 3.63) is 59.7 Å². The molecule has 6 heteroatoms. The molecule has 0 aliphatic carbocycles. The van der Waals surface area contributed by atoms with Crippen molar-refractivity contribution in [2.75, 3.05) is 5.88 Å². The first-order valence-corrected chi connectivity index (χ1v) is 6.82. The number of fused-ring (bicyclic) bond motifs is 1. The van der Waals surface area contributed by atoms with Gasteiger partial charge in [0, 0.05) is 18.4 Å². The molecule has 0 saturated heterocycles. The maximum atomic E-state index is 14.0. The standard InChI is InChI=1S/C15H10ClF3N2/c16-7-6-14-20-15-11(19)2-1-3-12(15)21(14)13-8-9(17)4-5-10(13)18/h1-5,8H,6-7H2. The fourth-order valence-electron chi connectivity index (χ4n) is 2.29. The van der Waals surface area contributed by atoms with Crippen molar-refractivity contribution in [1.82, 2.24) is 9.55 Å². The van der Waals surface area contributed by atoms with E-state index in [0.29, 0.717) is 17.8 Å². The third kappa shape index (κ3) is 2.38. The number of alkyl halides is 1. The van der Waals surface area contributed by atoms with E-state index < -0.39 is 17.5 Å². The van der Waals surface area contributed by atoms with Crippen LogP contribution in [0.3, 0.4) is 0 Å². The molecule has 0 aliphatic rings. The molecule has 1 heterocycles. The highest BCUT2D eigenvalue weighted by Gasteiger charge is 2.17. The molecule has 2 nitrogen and oxygen atoms in total. The summed E-state index contributed by atoms with van der Waals surface area (Å²) >= 11 is 5.72. The molecule has 0 spiro atoms. The maximum Gasteiger partial charge on any atom is 0.151 e. The summed E-state index contributed by atoms with van der Waals surface area (Å²) in [5.74, 6) is -1.09. The Morgan fingerprint density at radius 1 is 1.05 bits per heavy atom. The Kier molecular flexibility index (Phi) is 3.59. The Hall–Kier alpha value is -2.01. The molecule has 0 bridgehead atoms. The van der Waals surface area contributed by atoms with Gasteiger partial charge in [-0.25, -0.2) is 18.2 Å². The van der Waals surface area contributed by atoms with Crippen LogP contribution in [0.4, 0.5) is 13.2 Å². The van der Waals surface area contributed by atoms with Crippen LogP contribution < -0.4 is 0 Å². The minimum absolute atomic E-state index is 0.0109. The quantitative estimate of drug-likeness (QED) is 0.662. The number of nitrogens with zero attached hydrogens (tertiary/aromatic N) is 2. The maximum absolute atomic E-state index is 14.0. The van der Waals surface area contributed by atoms with Crippen molar-refractivity contribution < 1.29 is 13.2 Å². The van der Waals surface area contributed by atoms with E-state index in [1.807, 2.05) is 0 Å². The summed E-state index contributed by atoms with van der Waals surface area (Å²) in [4.78, 5) is 4.16. The van der Waals surface area contributed by atoms with Crippen LogP contribution >= 0.6 is 11.6 Å². The van der Waals surface area contributed by atoms with E-state index in [1.165, 1.54) is 16.7 Å². The highest BCUT2D eigenvalue weighted by Crippen LogP contribution is 2.26. The van der Waals surface area contributed by atoms with Gasteiger partial charge in [0.25, 0.3) is 0 Å². The van der Waals surface area contributed by atoms with E-state index in [4.69, 9.17) is 11.6 Å². The zero-order valence-corrected chi connectivity index (χ0v) is 11.5. The third-order valence-electron chi connectivity index (χ3n) is 3.17. The van der Waals surface area contributed by atoms with Gasteiger partial charge in [-0.15, -0.1) is 11.6 Å². The average molecular weight is 311 g/mol. The molecule has 1 aromatic heterocycles. The monoisotopic (exact) mass is 310 g/mol. The lowest BCUT2D eigenvalue weighted by Gasteiger charge is -2.10. The van der Waals surface area contributed by atoms with Gasteiger partial charge in [-0.3, -0.25) is 4.57 Å². The van der Waals surface area contributed by atoms with Crippen molar-refractivity contribution in [3.8, 4) is 5.69 Å². The van der Waals surface area contributed by atoms with Crippen LogP contribution in [-0.4, -0.2) is 15.4 Å². The fourth-order valence-corrected chi connectivity index (χ4v) is 2.46. The van der Waals surface area contributed by atoms with Crippen molar-refractivity contribution in [3.63, 3.8) is 0 Å². The molecule has 0 atom stereocenters. The Labute approximate surface area is 123 Å². The van der Waals surface area contributed by atoms with Gasteiger partial charge >= 0.3 is 0 Å². The minimum Gasteiger partial charge on any atom is -0.293 e. The lowest BCUT2D eigenvalue weighted by Crippen LogP contribution is -2.05. The molecule has 0 amide bonds. The highest BCUT2D eigenvalue weighted by molar-refractivity contribution is 6.17. The van der Waals surface area contributed by atoms with Crippen molar-refractivity contribution in [1.29, 1.82) is 0 Å². The average Bonchev–Trinajstić information content (AvgIpc) is 2.82. The van der Waals surface area contributed by atoms with E-state index in [9.17, 15) is 13.2 Å². The van der Waals surface area contributed by atoms with Gasteiger partial charge in [-0.1, -0.05) is 6.07 Å². The van der Waals surface area contributed by atoms with Crippen molar-refractivity contribution in [2.24, 2.45) is 0 Å². The van der Waals surface area contributed by atoms with Crippen LogP contribution in [0.2, 0.25) is 0 Å². The second-order valence-corrected chi connectivity index (χ2v) is 4.88. The van der Waals surface area contributed by atoms with Gasteiger partial charge in [-0.05, 0) is 24.3 Å². The van der Waals surface area contributed by atoms with Crippen LogP contribution in [0.25, 0.3) is 16.7 Å². The first-order valence-electron chi connectivity index (χ1n) is 6.29. The summed E-state index contributed by atoms with van der Waals surface area (Å²) in [7, 11) is 0. The number of aromatic nitrogens is 2. The second-order valence-electron chi connectivity index (χ2n) is 4.51. The second kappa shape index (κ2) is 5.41. The SMILES string of the molecule is Fc1ccc(F)c(-n2c(CCCl)nc3c(F)cccc32)c1. The van der Waals surface area contributed by atoms with E-state index >= 15 is 0 Å². The Balaban J connectivity index is 2.36. The number of aryl methyl sites for hydroxylation is 1. The Morgan fingerprint density at radius 3 is 2.62 bits per heavy atom.